The van der Waals surface area contributed by atoms with Crippen molar-refractivity contribution in [2.45, 2.75) is 25.8 Å². The first kappa shape index (κ1) is 10.7. The summed E-state index contributed by atoms with van der Waals surface area (Å²) in [6.45, 7) is 1.98. The average molecular weight is 197 g/mol. The number of nitrogens with two attached hydrogens (primary N) is 1. The number of rotatable bonds is 4. The molecule has 5 heteroatoms. The van der Waals surface area contributed by atoms with Crippen molar-refractivity contribution in [3.8, 4) is 0 Å². The number of aryl methyl sites for hydroxylation is 2. The number of carboxylic acids is 1. The Morgan fingerprint density at radius 3 is 2.93 bits per heavy atom. The SMILES string of the molecule is CCc1nn(C)cc1C[C@@H](N)C(=O)O. The molecule has 0 saturated carbocycles. The minimum Gasteiger partial charge on any atom is -0.480 e. The quantitative estimate of drug-likeness (QED) is 0.708. The summed E-state index contributed by atoms with van der Waals surface area (Å²) < 4.78 is 1.68. The summed E-state index contributed by atoms with van der Waals surface area (Å²) in [6, 6.07) is -0.843. The lowest BCUT2D eigenvalue weighted by Crippen LogP contribution is -2.32. The molecule has 14 heavy (non-hydrogen) atoms. The molecule has 0 aliphatic heterocycles. The zero-order valence-corrected chi connectivity index (χ0v) is 8.40. The Labute approximate surface area is 82.5 Å². The van der Waals surface area contributed by atoms with Gasteiger partial charge >= 0.3 is 5.97 Å². The van der Waals surface area contributed by atoms with Crippen LogP contribution in [0, 0.1) is 0 Å². The number of hydrogen-bond donors (Lipinski definition) is 2. The molecule has 1 rings (SSSR count). The molecule has 0 saturated heterocycles. The van der Waals surface area contributed by atoms with E-state index in [4.69, 9.17) is 10.8 Å². The molecule has 0 aliphatic carbocycles. The lowest BCUT2D eigenvalue weighted by atomic mass is 10.1. The van der Waals surface area contributed by atoms with E-state index in [1.807, 2.05) is 20.2 Å². The van der Waals surface area contributed by atoms with Crippen LogP contribution in [0.2, 0.25) is 0 Å². The number of aromatic nitrogens is 2. The third-order valence-corrected chi connectivity index (χ3v) is 2.08. The van der Waals surface area contributed by atoms with Crippen LogP contribution in [0.4, 0.5) is 0 Å². The number of nitrogens with zero attached hydrogens (tertiary/aromatic N) is 2. The minimum atomic E-state index is -0.976. The van der Waals surface area contributed by atoms with E-state index in [1.54, 1.807) is 4.68 Å². The van der Waals surface area contributed by atoms with Crippen molar-refractivity contribution < 1.29 is 9.90 Å². The van der Waals surface area contributed by atoms with Gasteiger partial charge in [-0.15, -0.1) is 0 Å². The monoisotopic (exact) mass is 197 g/mol. The van der Waals surface area contributed by atoms with Crippen LogP contribution in [-0.2, 0) is 24.7 Å². The fraction of sp³-hybridized carbons (Fsp3) is 0.556. The fourth-order valence-corrected chi connectivity index (χ4v) is 1.38. The Bertz CT molecular complexity index is 333. The molecule has 0 spiro atoms. The van der Waals surface area contributed by atoms with E-state index in [0.717, 1.165) is 17.7 Å². The topological polar surface area (TPSA) is 81.1 Å². The van der Waals surface area contributed by atoms with Crippen molar-refractivity contribution >= 4 is 5.97 Å². The average Bonchev–Trinajstić information content (AvgIpc) is 2.45. The van der Waals surface area contributed by atoms with Gasteiger partial charge in [-0.25, -0.2) is 0 Å². The van der Waals surface area contributed by atoms with Crippen LogP contribution in [-0.4, -0.2) is 26.9 Å². The second-order valence-electron chi connectivity index (χ2n) is 3.28. The molecular weight excluding hydrogens is 182 g/mol. The lowest BCUT2D eigenvalue weighted by Gasteiger charge is -2.04. The maximum atomic E-state index is 10.6. The van der Waals surface area contributed by atoms with Gasteiger partial charge in [-0.05, 0) is 12.0 Å². The smallest absolute Gasteiger partial charge is 0.320 e. The molecular formula is C9H15N3O2. The van der Waals surface area contributed by atoms with Crippen molar-refractivity contribution in [3.63, 3.8) is 0 Å². The third-order valence-electron chi connectivity index (χ3n) is 2.08. The fourth-order valence-electron chi connectivity index (χ4n) is 1.38. The number of hydrogen-bond acceptors (Lipinski definition) is 3. The van der Waals surface area contributed by atoms with E-state index in [1.165, 1.54) is 0 Å². The van der Waals surface area contributed by atoms with E-state index >= 15 is 0 Å². The summed E-state index contributed by atoms with van der Waals surface area (Å²) >= 11 is 0. The minimum absolute atomic E-state index is 0.340. The van der Waals surface area contributed by atoms with Crippen molar-refractivity contribution in [2.24, 2.45) is 12.8 Å². The summed E-state index contributed by atoms with van der Waals surface area (Å²) in [5, 5.41) is 12.9. The summed E-state index contributed by atoms with van der Waals surface area (Å²) in [4.78, 5) is 10.6. The van der Waals surface area contributed by atoms with Crippen LogP contribution >= 0.6 is 0 Å². The normalized spacial score (nSPS) is 12.8. The van der Waals surface area contributed by atoms with Gasteiger partial charge in [-0.2, -0.15) is 5.10 Å². The maximum Gasteiger partial charge on any atom is 0.320 e. The van der Waals surface area contributed by atoms with Crippen LogP contribution in [0.1, 0.15) is 18.2 Å². The molecule has 1 atom stereocenters. The van der Waals surface area contributed by atoms with E-state index in [0.29, 0.717) is 6.42 Å². The largest absolute Gasteiger partial charge is 0.480 e. The van der Waals surface area contributed by atoms with Gasteiger partial charge in [0, 0.05) is 19.7 Å². The predicted molar refractivity (Wildman–Crippen MR) is 51.9 cm³/mol. The van der Waals surface area contributed by atoms with Crippen LogP contribution in [0.3, 0.4) is 0 Å². The van der Waals surface area contributed by atoms with Gasteiger partial charge in [0.25, 0.3) is 0 Å². The molecule has 5 nitrogen and oxygen atoms in total. The van der Waals surface area contributed by atoms with E-state index in [2.05, 4.69) is 5.10 Å². The van der Waals surface area contributed by atoms with Gasteiger partial charge in [-0.1, -0.05) is 6.92 Å². The molecule has 0 fully saturated rings. The Kier molecular flexibility index (Phi) is 3.24. The molecule has 0 bridgehead atoms. The zero-order valence-electron chi connectivity index (χ0n) is 8.40. The van der Waals surface area contributed by atoms with Crippen molar-refractivity contribution in [1.82, 2.24) is 9.78 Å². The maximum absolute atomic E-state index is 10.6. The van der Waals surface area contributed by atoms with Gasteiger partial charge in [0.15, 0.2) is 0 Å². The van der Waals surface area contributed by atoms with Gasteiger partial charge in [0.2, 0.25) is 0 Å². The van der Waals surface area contributed by atoms with E-state index in [9.17, 15) is 4.79 Å². The van der Waals surface area contributed by atoms with Crippen molar-refractivity contribution in [2.75, 3.05) is 0 Å². The molecule has 0 aromatic carbocycles. The number of carbonyl (C=O) groups is 1. The second-order valence-corrected chi connectivity index (χ2v) is 3.28. The molecule has 0 aliphatic rings. The first-order valence-corrected chi connectivity index (χ1v) is 4.54. The predicted octanol–water partition coefficient (Wildman–Crippen LogP) is -0.0631. The molecule has 3 N–H and O–H groups in total. The first-order chi connectivity index (χ1) is 6.54. The number of aliphatic carboxylic acids is 1. The Morgan fingerprint density at radius 2 is 2.43 bits per heavy atom. The highest BCUT2D eigenvalue weighted by molar-refractivity contribution is 5.73. The van der Waals surface area contributed by atoms with Gasteiger partial charge in [-0.3, -0.25) is 9.48 Å². The third kappa shape index (κ3) is 2.32. The first-order valence-electron chi connectivity index (χ1n) is 4.54. The van der Waals surface area contributed by atoms with Crippen molar-refractivity contribution in [1.29, 1.82) is 0 Å². The van der Waals surface area contributed by atoms with Crippen LogP contribution < -0.4 is 5.73 Å². The summed E-state index contributed by atoms with van der Waals surface area (Å²) in [5.74, 6) is -0.976. The van der Waals surface area contributed by atoms with E-state index in [-0.39, 0.29) is 0 Å². The molecule has 78 valence electrons. The molecule has 0 unspecified atom stereocenters. The second kappa shape index (κ2) is 4.23. The summed E-state index contributed by atoms with van der Waals surface area (Å²) in [6.07, 6.45) is 2.95. The van der Waals surface area contributed by atoms with Crippen LogP contribution in [0.15, 0.2) is 6.20 Å². The molecule has 0 amide bonds. The van der Waals surface area contributed by atoms with Gasteiger partial charge in [0.1, 0.15) is 6.04 Å². The Balaban J connectivity index is 2.79. The van der Waals surface area contributed by atoms with Crippen molar-refractivity contribution in [3.05, 3.63) is 17.5 Å². The standard InChI is InChI=1S/C9H15N3O2/c1-3-8-6(5-12(2)11-8)4-7(10)9(13)14/h5,7H,3-4,10H2,1-2H3,(H,13,14)/t7-/m1/s1. The highest BCUT2D eigenvalue weighted by atomic mass is 16.4. The van der Waals surface area contributed by atoms with Gasteiger partial charge in [0.05, 0.1) is 5.69 Å². The number of carboxylic acid groups (broad SMARTS) is 1. The highest BCUT2D eigenvalue weighted by Gasteiger charge is 2.15. The molecule has 1 aromatic rings. The molecule has 1 heterocycles. The zero-order chi connectivity index (χ0) is 10.7. The van der Waals surface area contributed by atoms with Crippen LogP contribution in [0.25, 0.3) is 0 Å². The summed E-state index contributed by atoms with van der Waals surface area (Å²) in [7, 11) is 1.81. The Morgan fingerprint density at radius 1 is 1.79 bits per heavy atom. The Hall–Kier alpha value is -1.36. The summed E-state index contributed by atoms with van der Waals surface area (Å²) in [5.41, 5.74) is 7.29. The van der Waals surface area contributed by atoms with E-state index < -0.39 is 12.0 Å². The van der Waals surface area contributed by atoms with Crippen LogP contribution in [0.5, 0.6) is 0 Å². The van der Waals surface area contributed by atoms with Gasteiger partial charge < -0.3 is 10.8 Å². The molecule has 0 radical (unpaired) electrons. The highest BCUT2D eigenvalue weighted by Crippen LogP contribution is 2.09. The lowest BCUT2D eigenvalue weighted by molar-refractivity contribution is -0.138. The molecule has 1 aromatic heterocycles.